The fourth-order valence-electron chi connectivity index (χ4n) is 2.54. The molecule has 3 N–H and O–H groups in total. The fourth-order valence-corrected chi connectivity index (χ4v) is 2.54. The van der Waals surface area contributed by atoms with E-state index in [9.17, 15) is 4.79 Å². The highest BCUT2D eigenvalue weighted by Gasteiger charge is 2.35. The van der Waals surface area contributed by atoms with Crippen molar-refractivity contribution in [1.82, 2.24) is 5.32 Å². The Morgan fingerprint density at radius 2 is 1.75 bits per heavy atom. The van der Waals surface area contributed by atoms with Gasteiger partial charge >= 0.3 is 0 Å². The van der Waals surface area contributed by atoms with Gasteiger partial charge < -0.3 is 11.1 Å². The Kier molecular flexibility index (Phi) is 6.21. The average molecular weight is 276 g/mol. The monoisotopic (exact) mass is 276 g/mol. The lowest BCUT2D eigenvalue weighted by molar-refractivity contribution is -0.132. The normalized spacial score (nSPS) is 13.3. The van der Waals surface area contributed by atoms with Crippen molar-refractivity contribution in [1.29, 1.82) is 0 Å². The van der Waals surface area contributed by atoms with Crippen LogP contribution in [0.5, 0.6) is 0 Å². The zero-order valence-electron chi connectivity index (χ0n) is 13.1. The van der Waals surface area contributed by atoms with Crippen molar-refractivity contribution in [2.75, 3.05) is 6.54 Å². The topological polar surface area (TPSA) is 55.1 Å². The highest BCUT2D eigenvalue weighted by atomic mass is 16.2. The number of benzene rings is 1. The van der Waals surface area contributed by atoms with E-state index in [1.165, 1.54) is 0 Å². The molecule has 20 heavy (non-hydrogen) atoms. The summed E-state index contributed by atoms with van der Waals surface area (Å²) in [5.41, 5.74) is 6.56. The number of carbonyl (C=O) groups excluding carboxylic acids is 1. The van der Waals surface area contributed by atoms with Gasteiger partial charge in [0.15, 0.2) is 0 Å². The van der Waals surface area contributed by atoms with E-state index < -0.39 is 5.41 Å². The highest BCUT2D eigenvalue weighted by molar-refractivity contribution is 5.83. The molecule has 0 fully saturated rings. The van der Waals surface area contributed by atoms with Gasteiger partial charge in [-0.2, -0.15) is 0 Å². The number of amides is 1. The lowest BCUT2D eigenvalue weighted by atomic mass is 9.80. The van der Waals surface area contributed by atoms with Crippen molar-refractivity contribution in [2.45, 2.75) is 46.6 Å². The zero-order chi connectivity index (χ0) is 15.2. The number of nitrogens with two attached hydrogens (primary N) is 1. The van der Waals surface area contributed by atoms with Gasteiger partial charge in [0.05, 0.1) is 11.5 Å². The second-order valence-corrected chi connectivity index (χ2v) is 5.80. The first kappa shape index (κ1) is 16.7. The van der Waals surface area contributed by atoms with E-state index in [4.69, 9.17) is 5.73 Å². The lowest BCUT2D eigenvalue weighted by Gasteiger charge is -2.32. The molecule has 0 bridgehead atoms. The van der Waals surface area contributed by atoms with E-state index >= 15 is 0 Å². The molecule has 0 aromatic heterocycles. The molecule has 0 aliphatic heterocycles. The van der Waals surface area contributed by atoms with Crippen LogP contribution < -0.4 is 11.1 Å². The molecule has 0 aliphatic rings. The number of rotatable bonds is 7. The first-order valence-corrected chi connectivity index (χ1v) is 7.56. The zero-order valence-corrected chi connectivity index (χ0v) is 13.1. The molecule has 3 nitrogen and oxygen atoms in total. The largest absolute Gasteiger partial charge is 0.349 e. The quantitative estimate of drug-likeness (QED) is 0.803. The van der Waals surface area contributed by atoms with Gasteiger partial charge in [-0.15, -0.1) is 0 Å². The van der Waals surface area contributed by atoms with Gasteiger partial charge in [-0.3, -0.25) is 4.79 Å². The van der Waals surface area contributed by atoms with Crippen molar-refractivity contribution in [2.24, 2.45) is 17.1 Å². The Balaban J connectivity index is 2.94. The molecule has 0 heterocycles. The van der Waals surface area contributed by atoms with Crippen LogP contribution in [0.2, 0.25) is 0 Å². The third-order valence-corrected chi connectivity index (χ3v) is 4.34. The number of hydrogen-bond donors (Lipinski definition) is 2. The molecular formula is C17H28N2O. The van der Waals surface area contributed by atoms with Gasteiger partial charge in [0.1, 0.15) is 0 Å². The minimum Gasteiger partial charge on any atom is -0.349 e. The molecule has 1 aromatic carbocycles. The van der Waals surface area contributed by atoms with Crippen molar-refractivity contribution in [3.05, 3.63) is 35.9 Å². The van der Waals surface area contributed by atoms with Crippen LogP contribution >= 0.6 is 0 Å². The molecule has 1 amide bonds. The van der Waals surface area contributed by atoms with Gasteiger partial charge in [0.25, 0.3) is 0 Å². The minimum absolute atomic E-state index is 0.0349. The molecule has 0 spiro atoms. The van der Waals surface area contributed by atoms with Crippen molar-refractivity contribution in [3.63, 3.8) is 0 Å². The van der Waals surface area contributed by atoms with Crippen LogP contribution in [0.3, 0.4) is 0 Å². The van der Waals surface area contributed by atoms with Crippen LogP contribution in [-0.4, -0.2) is 12.5 Å². The van der Waals surface area contributed by atoms with E-state index in [1.807, 2.05) is 32.0 Å². The summed E-state index contributed by atoms with van der Waals surface area (Å²) in [6.07, 6.45) is 1.54. The summed E-state index contributed by atoms with van der Waals surface area (Å²) in [7, 11) is 0. The second-order valence-electron chi connectivity index (χ2n) is 5.80. The number of nitrogens with one attached hydrogen (secondary N) is 1. The molecule has 3 heteroatoms. The maximum atomic E-state index is 12.7. The molecule has 112 valence electrons. The van der Waals surface area contributed by atoms with Crippen molar-refractivity contribution in [3.8, 4) is 0 Å². The number of carbonyl (C=O) groups is 1. The third kappa shape index (κ3) is 3.60. The summed E-state index contributed by atoms with van der Waals surface area (Å²) in [5.74, 6) is 0.415. The summed E-state index contributed by atoms with van der Waals surface area (Å²) in [5, 5.41) is 3.21. The molecule has 1 aromatic rings. The van der Waals surface area contributed by atoms with E-state index in [0.717, 1.165) is 18.4 Å². The first-order valence-electron chi connectivity index (χ1n) is 7.56. The smallest absolute Gasteiger partial charge is 0.227 e. The third-order valence-electron chi connectivity index (χ3n) is 4.34. The minimum atomic E-state index is -0.443. The van der Waals surface area contributed by atoms with Crippen LogP contribution in [0.25, 0.3) is 0 Å². The second kappa shape index (κ2) is 7.44. The Morgan fingerprint density at radius 1 is 1.20 bits per heavy atom. The molecule has 0 radical (unpaired) electrons. The van der Waals surface area contributed by atoms with Gasteiger partial charge in [-0.05, 0) is 24.3 Å². The summed E-state index contributed by atoms with van der Waals surface area (Å²) in [4.78, 5) is 12.7. The predicted molar refractivity (Wildman–Crippen MR) is 84.2 cm³/mol. The van der Waals surface area contributed by atoms with Crippen LogP contribution in [-0.2, 0) is 4.79 Å². The Bertz CT molecular complexity index is 402. The maximum absolute atomic E-state index is 12.7. The van der Waals surface area contributed by atoms with E-state index in [1.54, 1.807) is 0 Å². The molecule has 0 aliphatic carbocycles. The molecule has 0 saturated carbocycles. The highest BCUT2D eigenvalue weighted by Crippen LogP contribution is 2.28. The van der Waals surface area contributed by atoms with Gasteiger partial charge in [0.2, 0.25) is 5.91 Å². The molecular weight excluding hydrogens is 248 g/mol. The maximum Gasteiger partial charge on any atom is 0.227 e. The SMILES string of the molecule is CCC(CC)(CN)C(=O)NC(c1ccccc1)C(C)C. The van der Waals surface area contributed by atoms with Crippen LogP contribution in [0, 0.1) is 11.3 Å². The Labute approximate surface area is 122 Å². The predicted octanol–water partition coefficient (Wildman–Crippen LogP) is 3.27. The van der Waals surface area contributed by atoms with E-state index in [2.05, 4.69) is 31.3 Å². The molecule has 1 rings (SSSR count). The van der Waals surface area contributed by atoms with Gasteiger partial charge in [-0.1, -0.05) is 58.0 Å². The van der Waals surface area contributed by atoms with Crippen molar-refractivity contribution < 1.29 is 4.79 Å². The van der Waals surface area contributed by atoms with Crippen molar-refractivity contribution >= 4 is 5.91 Å². The first-order chi connectivity index (χ1) is 9.50. The molecule has 0 saturated heterocycles. The van der Waals surface area contributed by atoms with E-state index in [0.29, 0.717) is 12.5 Å². The van der Waals surface area contributed by atoms with Gasteiger partial charge in [-0.25, -0.2) is 0 Å². The summed E-state index contributed by atoms with van der Waals surface area (Å²) >= 11 is 0. The Hall–Kier alpha value is -1.35. The summed E-state index contributed by atoms with van der Waals surface area (Å²) in [6.45, 7) is 8.71. The van der Waals surface area contributed by atoms with Crippen LogP contribution in [0.1, 0.15) is 52.1 Å². The standard InChI is InChI=1S/C17H28N2O/c1-5-17(6-2,12-18)16(20)19-15(13(3)4)14-10-8-7-9-11-14/h7-11,13,15H,5-6,12,18H2,1-4H3,(H,19,20). The van der Waals surface area contributed by atoms with Crippen LogP contribution in [0.4, 0.5) is 0 Å². The average Bonchev–Trinajstić information content (AvgIpc) is 2.47. The Morgan fingerprint density at radius 3 is 2.15 bits per heavy atom. The lowest BCUT2D eigenvalue weighted by Crippen LogP contribution is -2.47. The van der Waals surface area contributed by atoms with Crippen LogP contribution in [0.15, 0.2) is 30.3 Å². The summed E-state index contributed by atoms with van der Waals surface area (Å²) in [6, 6.07) is 10.2. The van der Waals surface area contributed by atoms with E-state index in [-0.39, 0.29) is 11.9 Å². The fraction of sp³-hybridized carbons (Fsp3) is 0.588. The molecule has 1 atom stereocenters. The molecule has 1 unspecified atom stereocenters. The summed E-state index contributed by atoms with van der Waals surface area (Å²) < 4.78 is 0. The van der Waals surface area contributed by atoms with Gasteiger partial charge in [0, 0.05) is 6.54 Å². The number of hydrogen-bond acceptors (Lipinski definition) is 2.